The predicted molar refractivity (Wildman–Crippen MR) is 123 cm³/mol. The molecule has 0 saturated carbocycles. The number of rotatable bonds is 8. The van der Waals surface area contributed by atoms with Crippen molar-refractivity contribution in [3.05, 3.63) is 54.1 Å². The van der Waals surface area contributed by atoms with Crippen molar-refractivity contribution in [1.82, 2.24) is 9.55 Å². The number of unbranched alkanes of at least 4 members (excludes halogenated alkanes) is 1. The van der Waals surface area contributed by atoms with Crippen LogP contribution in [0.1, 0.15) is 45.2 Å². The van der Waals surface area contributed by atoms with Gasteiger partial charge >= 0.3 is 5.97 Å². The highest BCUT2D eigenvalue weighted by Gasteiger charge is 2.47. The van der Waals surface area contributed by atoms with Crippen molar-refractivity contribution in [1.29, 1.82) is 0 Å². The summed E-state index contributed by atoms with van der Waals surface area (Å²) in [6.45, 7) is 6.98. The summed E-state index contributed by atoms with van der Waals surface area (Å²) in [4.78, 5) is 33.3. The van der Waals surface area contributed by atoms with Gasteiger partial charge in [-0.2, -0.15) is 0 Å². The van der Waals surface area contributed by atoms with Crippen LogP contribution in [-0.4, -0.2) is 41.2 Å². The third-order valence-electron chi connectivity index (χ3n) is 5.73. The molecule has 2 heterocycles. The molecule has 32 heavy (non-hydrogen) atoms. The van der Waals surface area contributed by atoms with Gasteiger partial charge in [0.1, 0.15) is 5.75 Å². The second-order valence-corrected chi connectivity index (χ2v) is 7.79. The number of carbonyl (C=O) groups is 2. The van der Waals surface area contributed by atoms with E-state index in [0.717, 1.165) is 29.4 Å². The lowest BCUT2D eigenvalue weighted by molar-refractivity contribution is -0.153. The number of esters is 1. The molecule has 2 aromatic carbocycles. The Labute approximate surface area is 187 Å². The van der Waals surface area contributed by atoms with E-state index < -0.39 is 17.9 Å². The molecule has 3 aromatic rings. The highest BCUT2D eigenvalue weighted by Crippen LogP contribution is 2.42. The van der Waals surface area contributed by atoms with Gasteiger partial charge in [0.25, 0.3) is 0 Å². The molecule has 1 aliphatic heterocycles. The molecule has 0 unspecified atom stereocenters. The lowest BCUT2D eigenvalue weighted by Crippen LogP contribution is -2.50. The highest BCUT2D eigenvalue weighted by atomic mass is 16.5. The van der Waals surface area contributed by atoms with Crippen LogP contribution in [-0.2, 0) is 14.3 Å². The first-order valence-electron chi connectivity index (χ1n) is 11.3. The molecule has 7 heteroatoms. The van der Waals surface area contributed by atoms with Crippen LogP contribution in [0.15, 0.2) is 48.5 Å². The summed E-state index contributed by atoms with van der Waals surface area (Å²) in [6, 6.07) is 14.8. The average Bonchev–Trinajstić information content (AvgIpc) is 3.17. The summed E-state index contributed by atoms with van der Waals surface area (Å²) in [5, 5.41) is 0. The number of imidazole rings is 1. The van der Waals surface area contributed by atoms with Gasteiger partial charge in [-0.05, 0) is 50.1 Å². The summed E-state index contributed by atoms with van der Waals surface area (Å²) in [5.41, 5.74) is 2.46. The number of hydrogen-bond donors (Lipinski definition) is 0. The number of anilines is 1. The van der Waals surface area contributed by atoms with Crippen molar-refractivity contribution in [2.24, 2.45) is 5.92 Å². The number of fused-ring (bicyclic) bond motifs is 3. The SMILES string of the molecule is CCCCN1C(=O)[C@@H](C(=O)OCC)[C@@H](c2cccc(OCC)c2)n2c1nc1ccccc12. The molecule has 2 atom stereocenters. The van der Waals surface area contributed by atoms with Crippen LogP contribution in [0.2, 0.25) is 0 Å². The first-order chi connectivity index (χ1) is 15.6. The smallest absolute Gasteiger partial charge is 0.321 e. The van der Waals surface area contributed by atoms with Crippen molar-refractivity contribution in [2.75, 3.05) is 24.7 Å². The Balaban J connectivity index is 1.96. The molecule has 1 amide bonds. The minimum Gasteiger partial charge on any atom is -0.494 e. The van der Waals surface area contributed by atoms with Gasteiger partial charge in [0.15, 0.2) is 5.92 Å². The zero-order valence-electron chi connectivity index (χ0n) is 18.8. The molecule has 0 saturated heterocycles. The summed E-state index contributed by atoms with van der Waals surface area (Å²) < 4.78 is 13.1. The van der Waals surface area contributed by atoms with Crippen LogP contribution in [0, 0.1) is 5.92 Å². The van der Waals surface area contributed by atoms with Gasteiger partial charge in [-0.1, -0.05) is 37.6 Å². The van der Waals surface area contributed by atoms with Crippen LogP contribution in [0.4, 0.5) is 5.95 Å². The van der Waals surface area contributed by atoms with Crippen molar-refractivity contribution < 1.29 is 19.1 Å². The Kier molecular flexibility index (Phi) is 6.44. The van der Waals surface area contributed by atoms with Gasteiger partial charge in [0, 0.05) is 6.54 Å². The fourth-order valence-electron chi connectivity index (χ4n) is 4.33. The van der Waals surface area contributed by atoms with Gasteiger partial charge in [0.05, 0.1) is 30.3 Å². The summed E-state index contributed by atoms with van der Waals surface area (Å²) >= 11 is 0. The first-order valence-corrected chi connectivity index (χ1v) is 11.3. The molecular formula is C25H29N3O4. The first kappa shape index (κ1) is 21.9. The van der Waals surface area contributed by atoms with E-state index in [1.807, 2.05) is 60.0 Å². The third kappa shape index (κ3) is 3.83. The van der Waals surface area contributed by atoms with Crippen LogP contribution in [0.25, 0.3) is 11.0 Å². The Hall–Kier alpha value is -3.35. The number of carbonyl (C=O) groups excluding carboxylic acids is 2. The van der Waals surface area contributed by atoms with Crippen LogP contribution < -0.4 is 9.64 Å². The van der Waals surface area contributed by atoms with Gasteiger partial charge in [0.2, 0.25) is 11.9 Å². The summed E-state index contributed by atoms with van der Waals surface area (Å²) in [7, 11) is 0. The maximum atomic E-state index is 13.7. The second-order valence-electron chi connectivity index (χ2n) is 7.79. The zero-order chi connectivity index (χ0) is 22.7. The van der Waals surface area contributed by atoms with E-state index in [1.54, 1.807) is 11.8 Å². The fraction of sp³-hybridized carbons (Fsp3) is 0.400. The largest absolute Gasteiger partial charge is 0.494 e. The Morgan fingerprint density at radius 2 is 1.88 bits per heavy atom. The number of para-hydroxylation sites is 2. The highest BCUT2D eigenvalue weighted by molar-refractivity contribution is 6.08. The number of nitrogens with zero attached hydrogens (tertiary/aromatic N) is 3. The molecule has 0 spiro atoms. The van der Waals surface area contributed by atoms with Crippen molar-refractivity contribution in [2.45, 2.75) is 39.7 Å². The second kappa shape index (κ2) is 9.42. The molecule has 0 aliphatic carbocycles. The Morgan fingerprint density at radius 1 is 1.06 bits per heavy atom. The van der Waals surface area contributed by atoms with E-state index in [4.69, 9.17) is 14.5 Å². The van der Waals surface area contributed by atoms with E-state index >= 15 is 0 Å². The van der Waals surface area contributed by atoms with Crippen LogP contribution in [0.3, 0.4) is 0 Å². The monoisotopic (exact) mass is 435 g/mol. The number of aromatic nitrogens is 2. The lowest BCUT2D eigenvalue weighted by atomic mass is 9.89. The molecule has 4 rings (SSSR count). The molecule has 0 fully saturated rings. The van der Waals surface area contributed by atoms with E-state index in [-0.39, 0.29) is 12.5 Å². The zero-order valence-corrected chi connectivity index (χ0v) is 18.8. The maximum Gasteiger partial charge on any atom is 0.321 e. The molecule has 1 aromatic heterocycles. The number of amides is 1. The van der Waals surface area contributed by atoms with Gasteiger partial charge < -0.3 is 14.0 Å². The summed E-state index contributed by atoms with van der Waals surface area (Å²) in [6.07, 6.45) is 1.74. The quantitative estimate of drug-likeness (QED) is 0.388. The van der Waals surface area contributed by atoms with E-state index in [9.17, 15) is 9.59 Å². The lowest BCUT2D eigenvalue weighted by Gasteiger charge is -2.38. The van der Waals surface area contributed by atoms with E-state index in [2.05, 4.69) is 6.92 Å². The summed E-state index contributed by atoms with van der Waals surface area (Å²) in [5.74, 6) is -0.536. The van der Waals surface area contributed by atoms with Crippen molar-refractivity contribution >= 4 is 28.9 Å². The molecule has 1 aliphatic rings. The number of hydrogen-bond acceptors (Lipinski definition) is 5. The molecule has 168 valence electrons. The van der Waals surface area contributed by atoms with Gasteiger partial charge in [-0.25, -0.2) is 4.98 Å². The topological polar surface area (TPSA) is 73.7 Å². The Bertz CT molecular complexity index is 1120. The predicted octanol–water partition coefficient (Wildman–Crippen LogP) is 4.35. The van der Waals surface area contributed by atoms with Crippen molar-refractivity contribution in [3.63, 3.8) is 0 Å². The van der Waals surface area contributed by atoms with Crippen molar-refractivity contribution in [3.8, 4) is 5.75 Å². The minimum atomic E-state index is -1.01. The van der Waals surface area contributed by atoms with E-state index in [0.29, 0.717) is 24.8 Å². The molecular weight excluding hydrogens is 406 g/mol. The minimum absolute atomic E-state index is 0.209. The fourth-order valence-corrected chi connectivity index (χ4v) is 4.33. The number of benzene rings is 2. The maximum absolute atomic E-state index is 13.7. The molecule has 7 nitrogen and oxygen atoms in total. The standard InChI is InChI=1S/C25H29N3O4/c1-4-7-15-27-23(29)21(24(30)32-6-3)22(17-11-10-12-18(16-17)31-5-2)28-20-14-9-8-13-19(20)26-25(27)28/h8-14,16,21-22H,4-7,15H2,1-3H3/t21-,22+/m0/s1. The number of ether oxygens (including phenoxy) is 2. The van der Waals surface area contributed by atoms with Gasteiger partial charge in [-0.15, -0.1) is 0 Å². The van der Waals surface area contributed by atoms with Gasteiger partial charge in [-0.3, -0.25) is 14.5 Å². The Morgan fingerprint density at radius 3 is 2.62 bits per heavy atom. The molecule has 0 radical (unpaired) electrons. The van der Waals surface area contributed by atoms with E-state index in [1.165, 1.54) is 0 Å². The van der Waals surface area contributed by atoms with Crippen LogP contribution >= 0.6 is 0 Å². The molecule has 0 N–H and O–H groups in total. The molecule has 0 bridgehead atoms. The third-order valence-corrected chi connectivity index (χ3v) is 5.73. The average molecular weight is 436 g/mol. The normalized spacial score (nSPS) is 18.0. The van der Waals surface area contributed by atoms with Crippen LogP contribution in [0.5, 0.6) is 5.75 Å².